The third-order valence-corrected chi connectivity index (χ3v) is 3.32. The molecule has 19 heavy (non-hydrogen) atoms. The molecule has 0 fully saturated rings. The lowest BCUT2D eigenvalue weighted by atomic mass is 10.1. The summed E-state index contributed by atoms with van der Waals surface area (Å²) in [4.78, 5) is 14.9. The molecule has 3 rings (SSSR count). The van der Waals surface area contributed by atoms with Crippen molar-refractivity contribution < 1.29 is 0 Å². The van der Waals surface area contributed by atoms with Crippen LogP contribution in [0.2, 0.25) is 0 Å². The minimum absolute atomic E-state index is 0.0931. The zero-order chi connectivity index (χ0) is 13.2. The molecule has 0 aliphatic carbocycles. The third kappa shape index (κ3) is 2.08. The van der Waals surface area contributed by atoms with Crippen LogP contribution in [0.15, 0.2) is 53.3 Å². The molecule has 1 heterocycles. The zero-order valence-electron chi connectivity index (χ0n) is 10.9. The number of benzene rings is 2. The van der Waals surface area contributed by atoms with Gasteiger partial charge in [-0.15, -0.1) is 0 Å². The molecule has 0 amide bonds. The number of para-hydroxylation sites is 2. The van der Waals surface area contributed by atoms with Gasteiger partial charge in [-0.1, -0.05) is 37.6 Å². The van der Waals surface area contributed by atoms with E-state index in [0.29, 0.717) is 0 Å². The summed E-state index contributed by atoms with van der Waals surface area (Å²) in [6, 6.07) is 15.9. The molecular weight excluding hydrogens is 236 g/mol. The molecule has 0 saturated carbocycles. The number of nitrogens with zero attached hydrogens (tertiary/aromatic N) is 1. The van der Waals surface area contributed by atoms with Gasteiger partial charge in [0.2, 0.25) is 0 Å². The van der Waals surface area contributed by atoms with Gasteiger partial charge in [0.05, 0.1) is 16.7 Å². The van der Waals surface area contributed by atoms with Gasteiger partial charge in [0.1, 0.15) is 0 Å². The standard InChI is InChI=1S/C16H16N2O/c1-2-5-12-8-10-13(11-9-12)18-15-7-4-3-6-14(15)17-16(18)19/h3-4,6-11H,2,5H2,1H3,(H,17,19). The van der Waals surface area contributed by atoms with E-state index in [1.807, 2.05) is 36.4 Å². The number of hydrogen-bond acceptors (Lipinski definition) is 1. The number of H-pyrrole nitrogens is 1. The Kier molecular flexibility index (Phi) is 2.95. The van der Waals surface area contributed by atoms with Gasteiger partial charge in [0, 0.05) is 0 Å². The molecule has 3 aromatic rings. The van der Waals surface area contributed by atoms with Crippen molar-refractivity contribution in [3.8, 4) is 5.69 Å². The number of aromatic nitrogens is 2. The maximum absolute atomic E-state index is 12.1. The summed E-state index contributed by atoms with van der Waals surface area (Å²) in [6.45, 7) is 2.16. The van der Waals surface area contributed by atoms with Crippen LogP contribution < -0.4 is 5.69 Å². The molecule has 1 aromatic heterocycles. The lowest BCUT2D eigenvalue weighted by Gasteiger charge is -2.05. The highest BCUT2D eigenvalue weighted by atomic mass is 16.1. The number of imidazole rings is 1. The van der Waals surface area contributed by atoms with Crippen LogP contribution in [0.1, 0.15) is 18.9 Å². The Morgan fingerprint density at radius 3 is 2.53 bits per heavy atom. The maximum atomic E-state index is 12.1. The van der Waals surface area contributed by atoms with Crippen LogP contribution in [0.25, 0.3) is 16.7 Å². The van der Waals surface area contributed by atoms with Gasteiger partial charge in [-0.2, -0.15) is 0 Å². The molecule has 1 N–H and O–H groups in total. The molecule has 0 radical (unpaired) electrons. The van der Waals surface area contributed by atoms with E-state index in [9.17, 15) is 4.79 Å². The van der Waals surface area contributed by atoms with Crippen LogP contribution in [-0.2, 0) is 6.42 Å². The van der Waals surface area contributed by atoms with Crippen molar-refractivity contribution in [2.24, 2.45) is 0 Å². The van der Waals surface area contributed by atoms with Gasteiger partial charge in [0.25, 0.3) is 0 Å². The molecule has 3 heteroatoms. The Morgan fingerprint density at radius 2 is 1.79 bits per heavy atom. The molecule has 0 unspecified atom stereocenters. The van der Waals surface area contributed by atoms with Gasteiger partial charge in [-0.25, -0.2) is 4.79 Å². The number of hydrogen-bond donors (Lipinski definition) is 1. The molecule has 0 bridgehead atoms. The topological polar surface area (TPSA) is 37.8 Å². The molecule has 0 spiro atoms. The van der Waals surface area contributed by atoms with Crippen LogP contribution in [0, 0.1) is 0 Å². The normalized spacial score (nSPS) is 11.0. The second kappa shape index (κ2) is 4.76. The molecule has 3 nitrogen and oxygen atoms in total. The summed E-state index contributed by atoms with van der Waals surface area (Å²) < 4.78 is 1.71. The van der Waals surface area contributed by atoms with Crippen LogP contribution in [-0.4, -0.2) is 9.55 Å². The highest BCUT2D eigenvalue weighted by molar-refractivity contribution is 5.77. The van der Waals surface area contributed by atoms with E-state index in [1.54, 1.807) is 4.57 Å². The number of rotatable bonds is 3. The lowest BCUT2D eigenvalue weighted by molar-refractivity contribution is 0.919. The Morgan fingerprint density at radius 1 is 1.05 bits per heavy atom. The van der Waals surface area contributed by atoms with Crippen LogP contribution >= 0.6 is 0 Å². The summed E-state index contributed by atoms with van der Waals surface area (Å²) >= 11 is 0. The van der Waals surface area contributed by atoms with Crippen molar-refractivity contribution in [2.75, 3.05) is 0 Å². The fourth-order valence-corrected chi connectivity index (χ4v) is 2.41. The van der Waals surface area contributed by atoms with Crippen LogP contribution in [0.3, 0.4) is 0 Å². The zero-order valence-corrected chi connectivity index (χ0v) is 10.9. The Labute approximate surface area is 111 Å². The van der Waals surface area contributed by atoms with E-state index in [0.717, 1.165) is 29.6 Å². The molecular formula is C16H16N2O. The van der Waals surface area contributed by atoms with Crippen molar-refractivity contribution in [1.82, 2.24) is 9.55 Å². The number of aromatic amines is 1. The van der Waals surface area contributed by atoms with E-state index >= 15 is 0 Å². The fourth-order valence-electron chi connectivity index (χ4n) is 2.41. The van der Waals surface area contributed by atoms with E-state index < -0.39 is 0 Å². The number of fused-ring (bicyclic) bond motifs is 1. The Balaban J connectivity index is 2.13. The first kappa shape index (κ1) is 11.8. The van der Waals surface area contributed by atoms with E-state index in [-0.39, 0.29) is 5.69 Å². The van der Waals surface area contributed by atoms with E-state index in [1.165, 1.54) is 5.56 Å². The van der Waals surface area contributed by atoms with Crippen LogP contribution in [0.4, 0.5) is 0 Å². The lowest BCUT2D eigenvalue weighted by Crippen LogP contribution is -2.14. The predicted molar refractivity (Wildman–Crippen MR) is 77.9 cm³/mol. The first-order valence-corrected chi connectivity index (χ1v) is 6.58. The molecule has 0 aliphatic rings. The van der Waals surface area contributed by atoms with Crippen molar-refractivity contribution in [3.05, 3.63) is 64.6 Å². The summed E-state index contributed by atoms with van der Waals surface area (Å²) in [5, 5.41) is 0. The summed E-state index contributed by atoms with van der Waals surface area (Å²) in [6.07, 6.45) is 2.20. The molecule has 96 valence electrons. The first-order valence-electron chi connectivity index (χ1n) is 6.58. The maximum Gasteiger partial charge on any atom is 0.331 e. The average molecular weight is 252 g/mol. The molecule has 0 atom stereocenters. The first-order chi connectivity index (χ1) is 9.29. The smallest absolute Gasteiger partial charge is 0.305 e. The Hall–Kier alpha value is -2.29. The SMILES string of the molecule is CCCc1ccc(-n2c(=O)[nH]c3ccccc32)cc1. The predicted octanol–water partition coefficient (Wildman–Crippen LogP) is 3.27. The van der Waals surface area contributed by atoms with Crippen LogP contribution in [0.5, 0.6) is 0 Å². The second-order valence-electron chi connectivity index (χ2n) is 4.70. The minimum Gasteiger partial charge on any atom is -0.305 e. The highest BCUT2D eigenvalue weighted by Crippen LogP contribution is 2.16. The van der Waals surface area contributed by atoms with Crippen molar-refractivity contribution in [3.63, 3.8) is 0 Å². The van der Waals surface area contributed by atoms with E-state index in [4.69, 9.17) is 0 Å². The fraction of sp³-hybridized carbons (Fsp3) is 0.188. The Bertz CT molecular complexity index is 750. The van der Waals surface area contributed by atoms with E-state index in [2.05, 4.69) is 24.0 Å². The van der Waals surface area contributed by atoms with Gasteiger partial charge in [0.15, 0.2) is 0 Å². The molecule has 0 saturated heterocycles. The number of aryl methyl sites for hydroxylation is 1. The second-order valence-corrected chi connectivity index (χ2v) is 4.70. The van der Waals surface area contributed by atoms with Crippen molar-refractivity contribution in [1.29, 1.82) is 0 Å². The van der Waals surface area contributed by atoms with Gasteiger partial charge in [-0.3, -0.25) is 4.57 Å². The van der Waals surface area contributed by atoms with Gasteiger partial charge < -0.3 is 4.98 Å². The molecule has 0 aliphatic heterocycles. The minimum atomic E-state index is -0.0931. The average Bonchev–Trinajstić information content (AvgIpc) is 2.76. The van der Waals surface area contributed by atoms with Crippen molar-refractivity contribution >= 4 is 11.0 Å². The quantitative estimate of drug-likeness (QED) is 0.763. The van der Waals surface area contributed by atoms with Crippen molar-refractivity contribution in [2.45, 2.75) is 19.8 Å². The highest BCUT2D eigenvalue weighted by Gasteiger charge is 2.07. The third-order valence-electron chi connectivity index (χ3n) is 3.32. The molecule has 2 aromatic carbocycles. The van der Waals surface area contributed by atoms with Gasteiger partial charge >= 0.3 is 5.69 Å². The summed E-state index contributed by atoms with van der Waals surface area (Å²) in [7, 11) is 0. The number of nitrogens with one attached hydrogen (secondary N) is 1. The largest absolute Gasteiger partial charge is 0.331 e. The summed E-state index contributed by atoms with van der Waals surface area (Å²) in [5.41, 5.74) is 3.90. The summed E-state index contributed by atoms with van der Waals surface area (Å²) in [5.74, 6) is 0. The monoisotopic (exact) mass is 252 g/mol. The van der Waals surface area contributed by atoms with Gasteiger partial charge in [-0.05, 0) is 36.2 Å².